The van der Waals surface area contributed by atoms with Gasteiger partial charge < -0.3 is 4.74 Å². The Morgan fingerprint density at radius 1 is 1.19 bits per heavy atom. The Hall–Kier alpha value is -3.57. The molecule has 1 amide bonds. The number of thiazole rings is 1. The van der Waals surface area contributed by atoms with Crippen LogP contribution in [0.25, 0.3) is 11.4 Å². The van der Waals surface area contributed by atoms with Gasteiger partial charge in [0.15, 0.2) is 5.13 Å². The van der Waals surface area contributed by atoms with Crippen LogP contribution in [0.2, 0.25) is 0 Å². The van der Waals surface area contributed by atoms with Gasteiger partial charge in [-0.1, -0.05) is 23.5 Å². The molecule has 0 unspecified atom stereocenters. The molecule has 0 bridgehead atoms. The molecule has 0 fully saturated rings. The van der Waals surface area contributed by atoms with E-state index in [9.17, 15) is 14.9 Å². The fourth-order valence-corrected chi connectivity index (χ4v) is 2.97. The van der Waals surface area contributed by atoms with E-state index < -0.39 is 11.9 Å². The summed E-state index contributed by atoms with van der Waals surface area (Å²) in [6.07, 6.45) is 1.60. The highest BCUT2D eigenvalue weighted by Gasteiger charge is 2.17. The van der Waals surface area contributed by atoms with Crippen molar-refractivity contribution in [2.45, 2.75) is 0 Å². The van der Waals surface area contributed by atoms with Crippen LogP contribution in [0.3, 0.4) is 0 Å². The van der Waals surface area contributed by atoms with E-state index in [0.717, 1.165) is 11.3 Å². The predicted octanol–water partition coefficient (Wildman–Crippen LogP) is 3.12. The number of carbonyl (C=O) groups is 2. The van der Waals surface area contributed by atoms with Crippen molar-refractivity contribution in [3.8, 4) is 17.5 Å². The number of benzene rings is 1. The number of amides is 1. The van der Waals surface area contributed by atoms with E-state index in [0.29, 0.717) is 16.3 Å². The number of anilines is 1. The maximum absolute atomic E-state index is 12.4. The quantitative estimate of drug-likeness (QED) is 0.713. The highest BCUT2D eigenvalue weighted by Crippen LogP contribution is 2.29. The van der Waals surface area contributed by atoms with Gasteiger partial charge in [0.25, 0.3) is 5.91 Å². The molecule has 0 saturated carbocycles. The van der Waals surface area contributed by atoms with Crippen molar-refractivity contribution in [2.75, 3.05) is 12.4 Å². The number of nitrogens with one attached hydrogen (secondary N) is 1. The second-order valence-electron chi connectivity index (χ2n) is 5.05. The topological polar surface area (TPSA) is 105 Å². The van der Waals surface area contributed by atoms with E-state index in [1.54, 1.807) is 42.6 Å². The number of hydrogen-bond acceptors (Lipinski definition) is 7. The number of hydrogen-bond donors (Lipinski definition) is 1. The molecule has 2 aromatic heterocycles. The predicted molar refractivity (Wildman–Crippen MR) is 95.8 cm³/mol. The van der Waals surface area contributed by atoms with Crippen LogP contribution in [0, 0.1) is 11.3 Å². The molecule has 3 rings (SSSR count). The van der Waals surface area contributed by atoms with Gasteiger partial charge in [-0.2, -0.15) is 5.26 Å². The largest absolute Gasteiger partial charge is 0.465 e. The van der Waals surface area contributed by atoms with E-state index in [-0.39, 0.29) is 16.3 Å². The highest BCUT2D eigenvalue weighted by atomic mass is 32.1. The highest BCUT2D eigenvalue weighted by molar-refractivity contribution is 7.16. The van der Waals surface area contributed by atoms with Gasteiger partial charge in [0.05, 0.1) is 18.4 Å². The molecule has 0 aliphatic heterocycles. The maximum Gasteiger partial charge on any atom is 0.337 e. The van der Waals surface area contributed by atoms with Gasteiger partial charge in [-0.3, -0.25) is 15.1 Å². The molecule has 0 aliphatic rings. The number of carbonyl (C=O) groups excluding carboxylic acids is 2. The summed E-state index contributed by atoms with van der Waals surface area (Å²) in [6.45, 7) is 0. The molecule has 8 heteroatoms. The lowest BCUT2D eigenvalue weighted by atomic mass is 10.1. The van der Waals surface area contributed by atoms with Gasteiger partial charge in [-0.05, 0) is 30.3 Å². The SMILES string of the molecule is COC(=O)c1cccc(C(=O)Nc2nc(-c3ccccn3)c(C#N)s2)c1. The molecule has 7 nitrogen and oxygen atoms in total. The van der Waals surface area contributed by atoms with E-state index in [2.05, 4.69) is 26.1 Å². The van der Waals surface area contributed by atoms with Crippen LogP contribution in [-0.4, -0.2) is 29.0 Å². The summed E-state index contributed by atoms with van der Waals surface area (Å²) in [6, 6.07) is 13.5. The first-order valence-electron chi connectivity index (χ1n) is 7.44. The Balaban J connectivity index is 1.86. The number of pyridine rings is 1. The van der Waals surface area contributed by atoms with Crippen LogP contribution in [-0.2, 0) is 4.74 Å². The van der Waals surface area contributed by atoms with Gasteiger partial charge in [-0.15, -0.1) is 0 Å². The Morgan fingerprint density at radius 3 is 2.69 bits per heavy atom. The van der Waals surface area contributed by atoms with Crippen LogP contribution < -0.4 is 5.32 Å². The fourth-order valence-electron chi connectivity index (χ4n) is 2.20. The standard InChI is InChI=1S/C18H12N4O3S/c1-25-17(24)12-6-4-5-11(9-12)16(23)22-18-21-15(14(10-19)26-18)13-7-2-3-8-20-13/h2-9H,1H3,(H,21,22,23). The maximum atomic E-state index is 12.4. The van der Waals surface area contributed by atoms with E-state index in [1.807, 2.05) is 0 Å². The number of esters is 1. The average Bonchev–Trinajstić information content (AvgIpc) is 3.11. The van der Waals surface area contributed by atoms with Crippen LogP contribution in [0.1, 0.15) is 25.6 Å². The molecule has 0 atom stereocenters. The van der Waals surface area contributed by atoms with Crippen LogP contribution in [0.4, 0.5) is 5.13 Å². The zero-order valence-electron chi connectivity index (χ0n) is 13.6. The number of nitrogens with zero attached hydrogens (tertiary/aromatic N) is 3. The normalized spacial score (nSPS) is 10.0. The van der Waals surface area contributed by atoms with Crippen LogP contribution in [0.5, 0.6) is 0 Å². The molecule has 1 aromatic carbocycles. The first kappa shape index (κ1) is 17.3. The molecule has 0 saturated heterocycles. The van der Waals surface area contributed by atoms with Crippen molar-refractivity contribution in [3.63, 3.8) is 0 Å². The summed E-state index contributed by atoms with van der Waals surface area (Å²) in [5.41, 5.74) is 1.51. The van der Waals surface area contributed by atoms with Crippen LogP contribution in [0.15, 0.2) is 48.7 Å². The summed E-state index contributed by atoms with van der Waals surface area (Å²) in [5.74, 6) is -0.973. The summed E-state index contributed by atoms with van der Waals surface area (Å²) in [4.78, 5) is 32.8. The third kappa shape index (κ3) is 3.58. The van der Waals surface area contributed by atoms with Crippen molar-refractivity contribution in [3.05, 3.63) is 64.7 Å². The molecular formula is C18H12N4O3S. The summed E-state index contributed by atoms with van der Waals surface area (Å²) >= 11 is 1.06. The Labute approximate surface area is 152 Å². The number of nitriles is 1. The molecule has 2 heterocycles. The Bertz CT molecular complexity index is 1010. The van der Waals surface area contributed by atoms with Gasteiger partial charge >= 0.3 is 5.97 Å². The molecule has 3 aromatic rings. The summed E-state index contributed by atoms with van der Waals surface area (Å²) in [7, 11) is 1.27. The van der Waals surface area contributed by atoms with Crippen molar-refractivity contribution in [2.24, 2.45) is 0 Å². The number of rotatable bonds is 4. The zero-order valence-corrected chi connectivity index (χ0v) is 14.4. The molecule has 26 heavy (non-hydrogen) atoms. The lowest BCUT2D eigenvalue weighted by Gasteiger charge is -2.04. The monoisotopic (exact) mass is 364 g/mol. The molecule has 1 N–H and O–H groups in total. The van der Waals surface area contributed by atoms with Gasteiger partial charge in [0.2, 0.25) is 0 Å². The van der Waals surface area contributed by atoms with Gasteiger partial charge in [-0.25, -0.2) is 9.78 Å². The Morgan fingerprint density at radius 2 is 2.00 bits per heavy atom. The minimum absolute atomic E-state index is 0.270. The van der Waals surface area contributed by atoms with Crippen molar-refractivity contribution in [1.29, 1.82) is 5.26 Å². The van der Waals surface area contributed by atoms with E-state index >= 15 is 0 Å². The average molecular weight is 364 g/mol. The second kappa shape index (κ2) is 7.55. The first-order chi connectivity index (χ1) is 12.6. The third-order valence-corrected chi connectivity index (χ3v) is 4.28. The van der Waals surface area contributed by atoms with Crippen molar-refractivity contribution < 1.29 is 14.3 Å². The summed E-state index contributed by atoms with van der Waals surface area (Å²) in [5, 5.41) is 12.2. The lowest BCUT2D eigenvalue weighted by Crippen LogP contribution is -2.13. The molecule has 0 spiro atoms. The van der Waals surface area contributed by atoms with E-state index in [1.165, 1.54) is 13.2 Å². The molecule has 128 valence electrons. The van der Waals surface area contributed by atoms with Gasteiger partial charge in [0, 0.05) is 11.8 Å². The first-order valence-corrected chi connectivity index (χ1v) is 8.26. The molecular weight excluding hydrogens is 352 g/mol. The lowest BCUT2D eigenvalue weighted by molar-refractivity contribution is 0.0600. The number of ether oxygens (including phenoxy) is 1. The third-order valence-electron chi connectivity index (χ3n) is 3.40. The minimum atomic E-state index is -0.530. The zero-order chi connectivity index (χ0) is 18.5. The Kier molecular flexibility index (Phi) is 5.01. The summed E-state index contributed by atoms with van der Waals surface area (Å²) < 4.78 is 4.65. The van der Waals surface area contributed by atoms with Gasteiger partial charge in [0.1, 0.15) is 16.6 Å². The van der Waals surface area contributed by atoms with Crippen molar-refractivity contribution in [1.82, 2.24) is 9.97 Å². The van der Waals surface area contributed by atoms with Crippen molar-refractivity contribution >= 4 is 28.3 Å². The number of aromatic nitrogens is 2. The minimum Gasteiger partial charge on any atom is -0.465 e. The molecule has 0 radical (unpaired) electrons. The van der Waals surface area contributed by atoms with Crippen LogP contribution >= 0.6 is 11.3 Å². The number of methoxy groups -OCH3 is 1. The molecule has 0 aliphatic carbocycles. The van der Waals surface area contributed by atoms with E-state index in [4.69, 9.17) is 0 Å². The second-order valence-corrected chi connectivity index (χ2v) is 6.05. The fraction of sp³-hybridized carbons (Fsp3) is 0.0556. The smallest absolute Gasteiger partial charge is 0.337 e.